The molecule has 10 heteroatoms. The predicted octanol–water partition coefficient (Wildman–Crippen LogP) is 2.65. The maximum Gasteiger partial charge on any atom is 0.268 e. The molecule has 1 aliphatic heterocycles. The Morgan fingerprint density at radius 3 is 2.48 bits per heavy atom. The molecule has 0 radical (unpaired) electrons. The van der Waals surface area contributed by atoms with Gasteiger partial charge in [0.1, 0.15) is 11.6 Å². The number of halogens is 2. The van der Waals surface area contributed by atoms with E-state index in [0.29, 0.717) is 10.6 Å². The molecule has 0 aromatic heterocycles. The minimum Gasteiger partial charge on any atom is -0.338 e. The second-order valence-electron chi connectivity index (χ2n) is 7.50. The van der Waals surface area contributed by atoms with Crippen LogP contribution in [0.5, 0.6) is 0 Å². The van der Waals surface area contributed by atoms with Crippen molar-refractivity contribution in [2.45, 2.75) is 44.7 Å². The third-order valence-electron chi connectivity index (χ3n) is 5.01. The summed E-state index contributed by atoms with van der Waals surface area (Å²) in [7, 11) is 0. The number of carbonyl (C=O) groups excluding carboxylic acids is 2. The van der Waals surface area contributed by atoms with Crippen LogP contribution < -0.4 is 16.5 Å². The molecule has 1 aliphatic rings. The van der Waals surface area contributed by atoms with Crippen LogP contribution in [-0.2, 0) is 4.79 Å². The number of thioether (sulfide) groups is 1. The van der Waals surface area contributed by atoms with Gasteiger partial charge in [0, 0.05) is 17.0 Å². The lowest BCUT2D eigenvalue weighted by molar-refractivity contribution is -0.134. The van der Waals surface area contributed by atoms with Gasteiger partial charge in [0.05, 0.1) is 9.95 Å². The van der Waals surface area contributed by atoms with Gasteiger partial charge in [-0.05, 0) is 61.8 Å². The number of hydrogen-bond acceptors (Lipinski definition) is 6. The van der Waals surface area contributed by atoms with E-state index in [-0.39, 0.29) is 11.5 Å². The average molecular weight is 475 g/mol. The first kappa shape index (κ1) is 26.1. The molecule has 0 fully saturated rings. The summed E-state index contributed by atoms with van der Waals surface area (Å²) in [6.45, 7) is 2.94. The first-order chi connectivity index (χ1) is 15.6. The fourth-order valence-electron chi connectivity index (χ4n) is 2.84. The smallest absolute Gasteiger partial charge is 0.268 e. The van der Waals surface area contributed by atoms with E-state index in [2.05, 4.69) is 29.0 Å². The molecule has 33 heavy (non-hydrogen) atoms. The third kappa shape index (κ3) is 6.90. The Bertz CT molecular complexity index is 1060. The lowest BCUT2D eigenvalue weighted by Gasteiger charge is -2.32. The summed E-state index contributed by atoms with van der Waals surface area (Å²) in [5.41, 5.74) is 4.96. The Kier molecular flexibility index (Phi) is 9.18. The van der Waals surface area contributed by atoms with Crippen LogP contribution in [0.25, 0.3) is 0 Å². The number of alkyl halides is 2. The summed E-state index contributed by atoms with van der Waals surface area (Å²) in [5, 5.41) is 19.5. The Balaban J connectivity index is 2.06. The maximum absolute atomic E-state index is 13.2. The molecule has 0 saturated carbocycles. The van der Waals surface area contributed by atoms with Crippen LogP contribution in [0.2, 0.25) is 0 Å². The monoisotopic (exact) mass is 474 g/mol. The number of nitrogens with one attached hydrogen (secondary N) is 3. The molecule has 0 aliphatic carbocycles. The van der Waals surface area contributed by atoms with Crippen LogP contribution in [0.15, 0.2) is 35.2 Å². The van der Waals surface area contributed by atoms with Crippen LogP contribution in [0.3, 0.4) is 0 Å². The summed E-state index contributed by atoms with van der Waals surface area (Å²) in [4.78, 5) is 25.0. The molecule has 6 N–H and O–H groups in total. The van der Waals surface area contributed by atoms with Crippen LogP contribution in [0.4, 0.5) is 8.78 Å². The summed E-state index contributed by atoms with van der Waals surface area (Å²) >= 11 is 1.34. The number of benzene rings is 1. The first-order valence-electron chi connectivity index (χ1n) is 10.0. The fraction of sp³-hybridized carbons (Fsp3) is 0.348. The number of allylic oxidation sites excluding steroid dienone is 2. The minimum absolute atomic E-state index is 0.0835. The van der Waals surface area contributed by atoms with E-state index in [0.717, 1.165) is 24.7 Å². The molecular weight excluding hydrogens is 450 g/mol. The predicted molar refractivity (Wildman–Crippen MR) is 123 cm³/mol. The van der Waals surface area contributed by atoms with Gasteiger partial charge in [-0.15, -0.1) is 0 Å². The van der Waals surface area contributed by atoms with Gasteiger partial charge in [-0.1, -0.05) is 30.7 Å². The number of hydrogen-bond donors (Lipinski definition) is 5. The molecule has 0 spiro atoms. The van der Waals surface area contributed by atoms with Crippen molar-refractivity contribution < 1.29 is 23.6 Å². The minimum atomic E-state index is -3.14. The molecule has 2 rings (SSSR count). The normalized spacial score (nSPS) is 18.0. The molecule has 7 nitrogen and oxygen atoms in total. The van der Waals surface area contributed by atoms with Gasteiger partial charge < -0.3 is 11.1 Å². The molecule has 3 atom stereocenters. The Morgan fingerprint density at radius 1 is 1.30 bits per heavy atom. The van der Waals surface area contributed by atoms with E-state index in [1.54, 1.807) is 0 Å². The van der Waals surface area contributed by atoms with Crippen LogP contribution in [0, 0.1) is 35.0 Å². The van der Waals surface area contributed by atoms with E-state index < -0.39 is 29.8 Å². The van der Waals surface area contributed by atoms with Crippen molar-refractivity contribution in [3.8, 4) is 23.7 Å². The van der Waals surface area contributed by atoms with Gasteiger partial charge in [0.2, 0.25) is 0 Å². The van der Waals surface area contributed by atoms with Crippen molar-refractivity contribution in [3.63, 3.8) is 0 Å². The number of rotatable bonds is 6. The number of nitrogens with two attached hydrogens (primary N) is 1. The maximum atomic E-state index is 13.2. The summed E-state index contributed by atoms with van der Waals surface area (Å²) in [5.74, 6) is 9.36. The Hall–Kier alpha value is -3.18. The van der Waals surface area contributed by atoms with E-state index in [4.69, 9.17) is 16.4 Å². The molecule has 0 saturated heterocycles. The molecule has 1 heterocycles. The summed E-state index contributed by atoms with van der Waals surface area (Å²) < 4.78 is 26.4. The second kappa shape index (κ2) is 11.6. The van der Waals surface area contributed by atoms with Crippen molar-refractivity contribution in [3.05, 3.63) is 46.4 Å². The van der Waals surface area contributed by atoms with Crippen molar-refractivity contribution in [2.24, 2.45) is 11.7 Å². The van der Waals surface area contributed by atoms with Crippen molar-refractivity contribution in [1.82, 2.24) is 10.8 Å². The zero-order valence-electron chi connectivity index (χ0n) is 18.0. The van der Waals surface area contributed by atoms with Gasteiger partial charge in [0.25, 0.3) is 18.2 Å². The highest BCUT2D eigenvalue weighted by Crippen LogP contribution is 2.30. The molecule has 3 unspecified atom stereocenters. The van der Waals surface area contributed by atoms with Crippen molar-refractivity contribution in [2.75, 3.05) is 0 Å². The Morgan fingerprint density at radius 2 is 1.94 bits per heavy atom. The molecule has 2 amide bonds. The van der Waals surface area contributed by atoms with Gasteiger partial charge in [0.15, 0.2) is 0 Å². The third-order valence-corrected chi connectivity index (χ3v) is 6.06. The highest BCUT2D eigenvalue weighted by atomic mass is 32.2. The summed E-state index contributed by atoms with van der Waals surface area (Å²) in [6.07, 6.45) is 0.582. The second-order valence-corrected chi connectivity index (χ2v) is 8.59. The van der Waals surface area contributed by atoms with Gasteiger partial charge in [-0.3, -0.25) is 20.2 Å². The zero-order valence-corrected chi connectivity index (χ0v) is 18.9. The lowest BCUT2D eigenvalue weighted by Crippen LogP contribution is -2.66. The van der Waals surface area contributed by atoms with Crippen LogP contribution in [-0.4, -0.2) is 40.1 Å². The Labute approximate surface area is 195 Å². The van der Waals surface area contributed by atoms with Crippen LogP contribution >= 0.6 is 11.8 Å². The molecule has 1 aromatic rings. The van der Waals surface area contributed by atoms with Crippen LogP contribution in [0.1, 0.15) is 42.6 Å². The first-order valence-corrected chi connectivity index (χ1v) is 10.8. The van der Waals surface area contributed by atoms with E-state index in [9.17, 15) is 18.4 Å². The van der Waals surface area contributed by atoms with E-state index in [1.807, 2.05) is 13.0 Å². The SMILES string of the molecule is CCC1CC=C(C#CC#Cc2ccc(C(=O)NC(C(=O)NO)C(C)(N)C(F)F)cc2)SC1=N. The average Bonchev–Trinajstić information content (AvgIpc) is 2.79. The van der Waals surface area contributed by atoms with Gasteiger partial charge in [-0.25, -0.2) is 14.3 Å². The van der Waals surface area contributed by atoms with Crippen molar-refractivity contribution in [1.29, 1.82) is 5.41 Å². The quantitative estimate of drug-likeness (QED) is 0.246. The molecule has 1 aromatic carbocycles. The van der Waals surface area contributed by atoms with E-state index in [1.165, 1.54) is 41.5 Å². The lowest BCUT2D eigenvalue weighted by atomic mass is 9.92. The largest absolute Gasteiger partial charge is 0.338 e. The number of amides is 2. The number of carbonyl (C=O) groups is 2. The molecule has 0 bridgehead atoms. The topological polar surface area (TPSA) is 128 Å². The zero-order chi connectivity index (χ0) is 24.6. The van der Waals surface area contributed by atoms with E-state index >= 15 is 0 Å². The standard InChI is InChI=1S/C23H24F2N4O3S/c1-3-15-12-13-17(33-19(15)26)7-5-4-6-14-8-10-16(11-9-14)20(30)28-18(21(31)29-32)23(2,27)22(24)25/h8-11,13,15,18,22,26,32H,3,12,27H2,1-2H3,(H,28,30)(H,29,31). The van der Waals surface area contributed by atoms with Crippen molar-refractivity contribution >= 4 is 28.6 Å². The summed E-state index contributed by atoms with van der Waals surface area (Å²) in [6, 6.07) is 4.02. The van der Waals surface area contributed by atoms with Gasteiger partial charge >= 0.3 is 0 Å². The highest BCUT2D eigenvalue weighted by Gasteiger charge is 2.44. The molecule has 174 valence electrons. The highest BCUT2D eigenvalue weighted by molar-refractivity contribution is 8.17. The van der Waals surface area contributed by atoms with Gasteiger partial charge in [-0.2, -0.15) is 0 Å². The molecular formula is C23H24F2N4O3S. The fourth-order valence-corrected chi connectivity index (χ4v) is 3.79. The number of hydroxylamine groups is 1.